The predicted octanol–water partition coefficient (Wildman–Crippen LogP) is 4.30. The molecule has 3 fully saturated rings. The quantitative estimate of drug-likeness (QED) is 0.675. The summed E-state index contributed by atoms with van der Waals surface area (Å²) in [6.45, 7) is 2.17. The zero-order chi connectivity index (χ0) is 15.5. The topological polar surface area (TPSA) is 34.1 Å². The van der Waals surface area contributed by atoms with E-state index in [1.54, 1.807) is 0 Å². The van der Waals surface area contributed by atoms with Crippen LogP contribution in [0.3, 0.4) is 0 Å². The molecule has 6 atom stereocenters. The lowest BCUT2D eigenvalue weighted by Crippen LogP contribution is -2.52. The normalized spacial score (nSPS) is 47.5. The van der Waals surface area contributed by atoms with Gasteiger partial charge in [0.2, 0.25) is 0 Å². The van der Waals surface area contributed by atoms with Gasteiger partial charge in [-0.15, -0.1) is 11.6 Å². The second kappa shape index (κ2) is 5.19. The zero-order valence-electron chi connectivity index (χ0n) is 13.3. The summed E-state index contributed by atoms with van der Waals surface area (Å²) in [6.07, 6.45) is 9.41. The summed E-state index contributed by atoms with van der Waals surface area (Å²) in [6, 6.07) is 0. The first-order valence-corrected chi connectivity index (χ1v) is 9.41. The Hall–Kier alpha value is -0.630. The standard InChI is InChI=1S/C19H25ClO2/c1-2-19-10-16(20)18-13-6-4-12(21)9-11(13)3-5-14(18)15(19)7-8-17(19)22/h9,13-16,18H,2-8,10H2,1H3/t13-,14-,15-,16-,18+,19-/m0/s1. The lowest BCUT2D eigenvalue weighted by atomic mass is 9.51. The van der Waals surface area contributed by atoms with Gasteiger partial charge in [-0.25, -0.2) is 0 Å². The average molecular weight is 321 g/mol. The Morgan fingerprint density at radius 1 is 1.18 bits per heavy atom. The molecule has 0 N–H and O–H groups in total. The second-order valence-corrected chi connectivity index (χ2v) is 8.47. The molecular formula is C19H25ClO2. The third-order valence-electron chi connectivity index (χ3n) is 7.32. The maximum absolute atomic E-state index is 12.6. The molecule has 0 heterocycles. The van der Waals surface area contributed by atoms with E-state index in [4.69, 9.17) is 11.6 Å². The van der Waals surface area contributed by atoms with Crippen molar-refractivity contribution in [3.8, 4) is 0 Å². The molecule has 4 rings (SSSR count). The number of hydrogen-bond acceptors (Lipinski definition) is 2. The molecule has 22 heavy (non-hydrogen) atoms. The van der Waals surface area contributed by atoms with E-state index in [9.17, 15) is 9.59 Å². The Bertz CT molecular complexity index is 552. The summed E-state index contributed by atoms with van der Waals surface area (Å²) in [5, 5.41) is 0.102. The minimum Gasteiger partial charge on any atom is -0.299 e. The smallest absolute Gasteiger partial charge is 0.155 e. The van der Waals surface area contributed by atoms with Gasteiger partial charge in [-0.1, -0.05) is 12.5 Å². The third-order valence-corrected chi connectivity index (χ3v) is 7.77. The summed E-state index contributed by atoms with van der Waals surface area (Å²) < 4.78 is 0. The third kappa shape index (κ3) is 1.92. The molecule has 120 valence electrons. The van der Waals surface area contributed by atoms with Gasteiger partial charge in [0, 0.05) is 23.6 Å². The fourth-order valence-electron chi connectivity index (χ4n) is 6.38. The van der Waals surface area contributed by atoms with Gasteiger partial charge in [0.25, 0.3) is 0 Å². The molecule has 0 spiro atoms. The highest BCUT2D eigenvalue weighted by atomic mass is 35.5. The van der Waals surface area contributed by atoms with Crippen LogP contribution in [0.1, 0.15) is 58.3 Å². The maximum atomic E-state index is 12.6. The van der Waals surface area contributed by atoms with Gasteiger partial charge in [-0.05, 0) is 68.3 Å². The van der Waals surface area contributed by atoms with E-state index in [0.29, 0.717) is 41.7 Å². The maximum Gasteiger partial charge on any atom is 0.155 e. The molecule has 3 saturated carbocycles. The number of carbonyl (C=O) groups excluding carboxylic acids is 2. The number of halogens is 1. The molecule has 0 amide bonds. The van der Waals surface area contributed by atoms with Crippen molar-refractivity contribution in [3.63, 3.8) is 0 Å². The van der Waals surface area contributed by atoms with Crippen LogP contribution in [0.15, 0.2) is 11.6 Å². The van der Waals surface area contributed by atoms with Crippen LogP contribution < -0.4 is 0 Å². The van der Waals surface area contributed by atoms with Gasteiger partial charge in [0.05, 0.1) is 0 Å². The number of Topliss-reactive ketones (excluding diaryl/α,β-unsaturated/α-hetero) is 1. The van der Waals surface area contributed by atoms with Crippen molar-refractivity contribution in [2.45, 2.75) is 63.7 Å². The predicted molar refractivity (Wildman–Crippen MR) is 86.7 cm³/mol. The fourth-order valence-corrected chi connectivity index (χ4v) is 7.01. The van der Waals surface area contributed by atoms with Gasteiger partial charge < -0.3 is 0 Å². The number of hydrogen-bond donors (Lipinski definition) is 0. The fraction of sp³-hybridized carbons (Fsp3) is 0.789. The molecule has 0 saturated heterocycles. The number of rotatable bonds is 1. The molecule has 2 nitrogen and oxygen atoms in total. The molecule has 4 aliphatic rings. The van der Waals surface area contributed by atoms with Crippen molar-refractivity contribution < 1.29 is 9.59 Å². The summed E-state index contributed by atoms with van der Waals surface area (Å²) in [5.74, 6) is 2.91. The van der Waals surface area contributed by atoms with Crippen LogP contribution in [-0.2, 0) is 9.59 Å². The lowest BCUT2D eigenvalue weighted by Gasteiger charge is -2.54. The first-order valence-electron chi connectivity index (χ1n) is 8.97. The van der Waals surface area contributed by atoms with Crippen LogP contribution in [0.2, 0.25) is 0 Å². The van der Waals surface area contributed by atoms with Crippen LogP contribution in [0, 0.1) is 29.1 Å². The minimum absolute atomic E-state index is 0.102. The van der Waals surface area contributed by atoms with Crippen molar-refractivity contribution >= 4 is 23.2 Å². The van der Waals surface area contributed by atoms with E-state index < -0.39 is 0 Å². The van der Waals surface area contributed by atoms with Crippen molar-refractivity contribution in [1.29, 1.82) is 0 Å². The minimum atomic E-state index is -0.126. The van der Waals surface area contributed by atoms with Gasteiger partial charge in [0.1, 0.15) is 5.78 Å². The summed E-state index contributed by atoms with van der Waals surface area (Å²) in [5.41, 5.74) is 1.23. The van der Waals surface area contributed by atoms with E-state index in [1.807, 2.05) is 6.08 Å². The largest absolute Gasteiger partial charge is 0.299 e. The zero-order valence-corrected chi connectivity index (χ0v) is 14.1. The Morgan fingerprint density at radius 3 is 2.77 bits per heavy atom. The first-order chi connectivity index (χ1) is 10.6. The van der Waals surface area contributed by atoms with Crippen molar-refractivity contribution in [2.24, 2.45) is 29.1 Å². The SMILES string of the molecule is CC[C@]12C[C@H](Cl)[C@H]3[C@@H](CCC4=CC(=O)CC[C@@H]43)[C@@H]1CCC2=O. The second-order valence-electron chi connectivity index (χ2n) is 7.91. The Labute approximate surface area is 137 Å². The van der Waals surface area contributed by atoms with E-state index >= 15 is 0 Å². The number of alkyl halides is 1. The van der Waals surface area contributed by atoms with Gasteiger partial charge in [-0.2, -0.15) is 0 Å². The molecular weight excluding hydrogens is 296 g/mol. The van der Waals surface area contributed by atoms with E-state index in [0.717, 1.165) is 44.9 Å². The highest BCUT2D eigenvalue weighted by molar-refractivity contribution is 6.21. The molecule has 0 aromatic carbocycles. The summed E-state index contributed by atoms with van der Waals surface area (Å²) in [4.78, 5) is 24.3. The van der Waals surface area contributed by atoms with E-state index in [2.05, 4.69) is 6.92 Å². The highest BCUT2D eigenvalue weighted by Crippen LogP contribution is 2.62. The van der Waals surface area contributed by atoms with E-state index in [1.165, 1.54) is 5.57 Å². The Morgan fingerprint density at radius 2 is 2.00 bits per heavy atom. The lowest BCUT2D eigenvalue weighted by molar-refractivity contribution is -0.132. The van der Waals surface area contributed by atoms with Crippen molar-refractivity contribution in [1.82, 2.24) is 0 Å². The van der Waals surface area contributed by atoms with Crippen molar-refractivity contribution in [3.05, 3.63) is 11.6 Å². The summed E-state index contributed by atoms with van der Waals surface area (Å²) >= 11 is 6.88. The van der Waals surface area contributed by atoms with Gasteiger partial charge in [-0.3, -0.25) is 9.59 Å². The molecule has 0 aliphatic heterocycles. The van der Waals surface area contributed by atoms with Crippen LogP contribution in [-0.4, -0.2) is 16.9 Å². The molecule has 0 radical (unpaired) electrons. The number of carbonyl (C=O) groups is 2. The first kappa shape index (κ1) is 14.9. The summed E-state index contributed by atoms with van der Waals surface area (Å²) in [7, 11) is 0. The van der Waals surface area contributed by atoms with Crippen LogP contribution in [0.4, 0.5) is 0 Å². The Kier molecular flexibility index (Phi) is 3.52. The highest BCUT2D eigenvalue weighted by Gasteiger charge is 2.60. The molecule has 0 unspecified atom stereocenters. The number of ketones is 2. The number of fused-ring (bicyclic) bond motifs is 5. The Balaban J connectivity index is 1.70. The molecule has 0 aromatic rings. The van der Waals surface area contributed by atoms with E-state index in [-0.39, 0.29) is 10.8 Å². The molecule has 4 aliphatic carbocycles. The monoisotopic (exact) mass is 320 g/mol. The molecule has 0 aromatic heterocycles. The van der Waals surface area contributed by atoms with Crippen LogP contribution in [0.5, 0.6) is 0 Å². The van der Waals surface area contributed by atoms with Gasteiger partial charge in [0.15, 0.2) is 5.78 Å². The van der Waals surface area contributed by atoms with Crippen molar-refractivity contribution in [2.75, 3.05) is 0 Å². The molecule has 0 bridgehead atoms. The van der Waals surface area contributed by atoms with Crippen LogP contribution >= 0.6 is 11.6 Å². The van der Waals surface area contributed by atoms with Crippen LogP contribution in [0.25, 0.3) is 0 Å². The van der Waals surface area contributed by atoms with Gasteiger partial charge >= 0.3 is 0 Å². The molecule has 3 heteroatoms. The number of allylic oxidation sites excluding steroid dienone is 1. The average Bonchev–Trinajstić information content (AvgIpc) is 2.84.